The molecule has 1 radical (unpaired) electrons. The van der Waals surface area contributed by atoms with Gasteiger partial charge in [0.1, 0.15) is 6.17 Å². The molecule has 0 amide bonds. The quantitative estimate of drug-likeness (QED) is 0.190. The molecule has 57 heavy (non-hydrogen) atoms. The number of amidine groups is 5. The van der Waals surface area contributed by atoms with Gasteiger partial charge in [0.05, 0.1) is 41.4 Å². The van der Waals surface area contributed by atoms with Crippen LogP contribution in [0.2, 0.25) is 0 Å². The topological polar surface area (TPSA) is 263 Å². The molecule has 5 heterocycles. The van der Waals surface area contributed by atoms with E-state index >= 15 is 0 Å². The molecule has 1 N–H and O–H groups in total. The number of fused-ring (bicyclic) bond motifs is 18. The predicted molar refractivity (Wildman–Crippen MR) is 176 cm³/mol. The minimum Gasteiger partial charge on any atom is -0.545 e. The van der Waals surface area contributed by atoms with E-state index in [0.29, 0.717) is 27.5 Å². The summed E-state index contributed by atoms with van der Waals surface area (Å²) in [5, 5.41) is 56.1. The van der Waals surface area contributed by atoms with Crippen LogP contribution in [0, 0.1) is 11.8 Å². The Labute approximate surface area is 421 Å². The van der Waals surface area contributed by atoms with Crippen molar-refractivity contribution in [1.82, 2.24) is 4.98 Å². The molecule has 9 rings (SSSR count). The molecular formula is C36H16CuN8Na4O8. The number of aliphatic carboxylic acids is 1. The molecule has 3 unspecified atom stereocenters. The van der Waals surface area contributed by atoms with Crippen LogP contribution in [0.15, 0.2) is 103 Å². The van der Waals surface area contributed by atoms with Crippen LogP contribution in [0.4, 0.5) is 11.6 Å². The van der Waals surface area contributed by atoms with Crippen molar-refractivity contribution in [1.29, 1.82) is 0 Å². The van der Waals surface area contributed by atoms with Crippen molar-refractivity contribution in [3.8, 4) is 0 Å². The first-order chi connectivity index (χ1) is 25.0. The van der Waals surface area contributed by atoms with E-state index in [-0.39, 0.29) is 204 Å². The Morgan fingerprint density at radius 2 is 1.21 bits per heavy atom. The third-order valence-corrected chi connectivity index (χ3v) is 9.21. The second-order valence-electron chi connectivity index (χ2n) is 12.2. The van der Waals surface area contributed by atoms with Gasteiger partial charge in [0, 0.05) is 40.2 Å². The van der Waals surface area contributed by atoms with Gasteiger partial charge in [-0.1, -0.05) is 54.6 Å². The molecule has 1 saturated heterocycles. The summed E-state index contributed by atoms with van der Waals surface area (Å²) in [5.41, 5.74) is 0.973. The molecule has 1 aromatic heterocycles. The molecule has 5 aliphatic rings. The summed E-state index contributed by atoms with van der Waals surface area (Å²) in [6.07, 6.45) is 3.44. The van der Waals surface area contributed by atoms with Crippen molar-refractivity contribution >= 4 is 75.5 Å². The van der Waals surface area contributed by atoms with Crippen molar-refractivity contribution in [2.24, 2.45) is 36.8 Å². The number of hydrogen-bond donors (Lipinski definition) is 1. The maximum Gasteiger partial charge on any atom is 2.00 e. The Hall–Kier alpha value is -2.97. The molecular weight excluding hydrogens is 828 g/mol. The second kappa shape index (κ2) is 18.1. The van der Waals surface area contributed by atoms with Crippen LogP contribution in [0.3, 0.4) is 0 Å². The summed E-state index contributed by atoms with van der Waals surface area (Å²) in [7, 11) is 0. The zero-order chi connectivity index (χ0) is 36.0. The first kappa shape index (κ1) is 46.7. The number of aliphatic imine (C=N–C) groups is 5. The van der Waals surface area contributed by atoms with Crippen molar-refractivity contribution in [3.05, 3.63) is 123 Å². The molecule has 8 bridgehead atoms. The number of nitrogens with zero attached hydrogens (tertiary/aromatic N) is 7. The minimum atomic E-state index is -1.44. The van der Waals surface area contributed by atoms with Crippen LogP contribution in [0.1, 0.15) is 59.5 Å². The zero-order valence-electron chi connectivity index (χ0n) is 30.4. The largest absolute Gasteiger partial charge is 2.00 e. The van der Waals surface area contributed by atoms with Gasteiger partial charge >= 0.3 is 135 Å². The van der Waals surface area contributed by atoms with E-state index in [1.807, 2.05) is 0 Å². The number of aromatic nitrogens is 1. The number of aromatic carboxylic acids is 3. The van der Waals surface area contributed by atoms with Crippen molar-refractivity contribution in [2.75, 3.05) is 5.32 Å². The number of carboxylic acid groups (broad SMARTS) is 4. The van der Waals surface area contributed by atoms with Gasteiger partial charge < -0.3 is 70.2 Å². The second-order valence-corrected chi connectivity index (χ2v) is 12.2. The summed E-state index contributed by atoms with van der Waals surface area (Å²) < 4.78 is 0. The smallest absolute Gasteiger partial charge is 0.545 e. The number of nitrogens with one attached hydrogen (secondary N) is 1. The van der Waals surface area contributed by atoms with Crippen LogP contribution in [-0.2, 0) is 21.9 Å². The monoisotopic (exact) mass is 843 g/mol. The fourth-order valence-electron chi connectivity index (χ4n) is 6.72. The fourth-order valence-corrected chi connectivity index (χ4v) is 6.72. The maximum absolute atomic E-state index is 11.9. The van der Waals surface area contributed by atoms with Gasteiger partial charge in [0.25, 0.3) is 0 Å². The van der Waals surface area contributed by atoms with Crippen molar-refractivity contribution in [3.63, 3.8) is 0 Å². The minimum absolute atomic E-state index is 0. The molecule has 21 heteroatoms. The van der Waals surface area contributed by atoms with Crippen LogP contribution in [0.25, 0.3) is 16.1 Å². The molecule has 0 saturated carbocycles. The third kappa shape index (κ3) is 8.29. The van der Waals surface area contributed by atoms with E-state index in [1.54, 1.807) is 6.08 Å². The number of carbonyl (C=O) groups excluding carboxylic acids is 4. The van der Waals surface area contributed by atoms with Crippen LogP contribution < -0.4 is 149 Å². The summed E-state index contributed by atoms with van der Waals surface area (Å²) in [6, 6.07) is 12.6. The normalized spacial score (nSPS) is 19.6. The first-order valence-corrected chi connectivity index (χ1v) is 15.6. The number of benzene rings is 3. The Morgan fingerprint density at radius 1 is 0.614 bits per heavy atom. The predicted octanol–water partition coefficient (Wildman–Crippen LogP) is -12.7. The van der Waals surface area contributed by atoms with Gasteiger partial charge in [-0.3, -0.25) is 4.99 Å². The van der Waals surface area contributed by atoms with E-state index < -0.39 is 41.9 Å². The van der Waals surface area contributed by atoms with Crippen LogP contribution in [-0.4, -0.2) is 53.1 Å². The van der Waals surface area contributed by atoms with Crippen molar-refractivity contribution < 1.29 is 175 Å². The number of rotatable bonds is 4. The average molecular weight is 844 g/mol. The van der Waals surface area contributed by atoms with E-state index in [4.69, 9.17) is 20.0 Å². The summed E-state index contributed by atoms with van der Waals surface area (Å²) in [5.74, 6) is -6.27. The van der Waals surface area contributed by atoms with Gasteiger partial charge in [-0.2, -0.15) is 0 Å². The SMILES string of the molecule is O=C([O-])C1=CC2C3=NC4=NC(Nc5[n-]c(c6cc(C(=O)[O-])ccc56)/N=C5\N=C(N=C([N-]3)C2C=C1)c1cc(C(=O)[O-])ccc15)c1cc(C(=O)[O-])ccc14.[Cu+2].[Na+].[Na+].[Na+].[Na+]. The number of carbonyl (C=O) groups is 4. The Balaban J connectivity index is 0.00000144. The Morgan fingerprint density at radius 3 is 1.89 bits per heavy atom. The molecule has 3 atom stereocenters. The van der Waals surface area contributed by atoms with Crippen LogP contribution in [0.5, 0.6) is 0 Å². The number of hydrogen-bond acceptors (Lipinski definition) is 14. The van der Waals surface area contributed by atoms with E-state index in [1.165, 1.54) is 66.7 Å². The molecule has 16 nitrogen and oxygen atoms in total. The third-order valence-electron chi connectivity index (χ3n) is 9.21. The Kier molecular flexibility index (Phi) is 14.8. The van der Waals surface area contributed by atoms with Gasteiger partial charge in [0.15, 0.2) is 0 Å². The molecule has 1 fully saturated rings. The standard InChI is InChI=1S/C36H22N8O8.Cu.4Na/c45-33(46)13-1-5-17-21(9-13)29-37-25(17)41-30-22-10-14(34(47)48)2-6-18(22)27(38-30)43-32-24-12-16(36(51)52)4-8-20(24)28(40-32)44-31-23-11-15(35(49)50)3-7-19(23)26(39-31)42-29;;;;;/h1-12,17,21,31H,(H7,37,38,39,40,41,42,43,44,45,46,47,48,49,50,51,52);;;;;/q;+2;4*+1/p-6. The van der Waals surface area contributed by atoms with Gasteiger partial charge in [0.2, 0.25) is 0 Å². The molecule has 1 aliphatic carbocycles. The van der Waals surface area contributed by atoms with E-state index in [9.17, 15) is 39.6 Å². The molecule has 4 aromatic rings. The zero-order valence-corrected chi connectivity index (χ0v) is 39.3. The number of carboxylic acids is 4. The molecule has 263 valence electrons. The van der Waals surface area contributed by atoms with Crippen molar-refractivity contribution in [2.45, 2.75) is 6.17 Å². The van der Waals surface area contributed by atoms with Gasteiger partial charge in [-0.05, 0) is 68.5 Å². The average Bonchev–Trinajstić information content (AvgIpc) is 3.85. The Bertz CT molecular complexity index is 2650. The van der Waals surface area contributed by atoms with Gasteiger partial charge in [-0.15, -0.1) is 0 Å². The first-order valence-electron chi connectivity index (χ1n) is 15.6. The molecule has 3 aromatic carbocycles. The van der Waals surface area contributed by atoms with E-state index in [2.05, 4.69) is 20.6 Å². The molecule has 4 aliphatic heterocycles. The van der Waals surface area contributed by atoms with E-state index in [0.717, 1.165) is 0 Å². The fraction of sp³-hybridized carbons (Fsp3) is 0.0833. The maximum atomic E-state index is 11.9. The molecule has 0 spiro atoms. The summed E-state index contributed by atoms with van der Waals surface area (Å²) >= 11 is 0. The van der Waals surface area contributed by atoms with Crippen LogP contribution >= 0.6 is 0 Å². The number of anilines is 1. The summed E-state index contributed by atoms with van der Waals surface area (Å²) in [4.78, 5) is 75.7. The van der Waals surface area contributed by atoms with Gasteiger partial charge in [-0.25, -0.2) is 4.99 Å². The summed E-state index contributed by atoms with van der Waals surface area (Å²) in [6.45, 7) is 0.